The van der Waals surface area contributed by atoms with Crippen LogP contribution in [0.3, 0.4) is 0 Å². The number of hydrogen-bond donors (Lipinski definition) is 1. The molecule has 0 saturated carbocycles. The normalized spacial score (nSPS) is 13.9. The second kappa shape index (κ2) is 6.71. The number of aliphatic imine (C=N–C) groups is 1. The van der Waals surface area contributed by atoms with Crippen LogP contribution in [0.5, 0.6) is 5.75 Å². The van der Waals surface area contributed by atoms with Crippen molar-refractivity contribution in [3.63, 3.8) is 0 Å². The molecule has 0 unspecified atom stereocenters. The van der Waals surface area contributed by atoms with E-state index in [-0.39, 0.29) is 12.5 Å². The van der Waals surface area contributed by atoms with Gasteiger partial charge >= 0.3 is 0 Å². The first-order valence-corrected chi connectivity index (χ1v) is 7.54. The van der Waals surface area contributed by atoms with Crippen molar-refractivity contribution in [2.24, 2.45) is 4.99 Å². The van der Waals surface area contributed by atoms with Gasteiger partial charge in [0.2, 0.25) is 5.96 Å². The molecule has 118 valence electrons. The van der Waals surface area contributed by atoms with Gasteiger partial charge in [-0.2, -0.15) is 0 Å². The summed E-state index contributed by atoms with van der Waals surface area (Å²) in [6.45, 7) is 0.619. The third-order valence-corrected chi connectivity index (χ3v) is 3.77. The highest BCUT2D eigenvalue weighted by Crippen LogP contribution is 2.18. The maximum absolute atomic E-state index is 12.1. The van der Waals surface area contributed by atoms with E-state index in [0.717, 1.165) is 17.0 Å². The molecular weight excluding hydrogens is 314 g/mol. The maximum atomic E-state index is 12.1. The van der Waals surface area contributed by atoms with Gasteiger partial charge in [-0.25, -0.2) is 4.99 Å². The van der Waals surface area contributed by atoms with Crippen molar-refractivity contribution in [2.75, 3.05) is 19.0 Å². The summed E-state index contributed by atoms with van der Waals surface area (Å²) < 4.78 is 5.14. The number of carbonyl (C=O) groups excluding carboxylic acids is 1. The molecule has 0 atom stereocenters. The van der Waals surface area contributed by atoms with Crippen LogP contribution in [0.4, 0.5) is 5.69 Å². The average Bonchev–Trinajstić information content (AvgIpc) is 2.91. The van der Waals surface area contributed by atoms with E-state index in [1.54, 1.807) is 24.1 Å². The third kappa shape index (κ3) is 3.63. The largest absolute Gasteiger partial charge is 0.497 e. The number of rotatable bonds is 4. The zero-order valence-electron chi connectivity index (χ0n) is 12.6. The van der Waals surface area contributed by atoms with E-state index in [9.17, 15) is 4.79 Å². The summed E-state index contributed by atoms with van der Waals surface area (Å²) in [6, 6.07) is 14.9. The van der Waals surface area contributed by atoms with Gasteiger partial charge in [-0.1, -0.05) is 23.7 Å². The van der Waals surface area contributed by atoms with E-state index in [2.05, 4.69) is 10.3 Å². The van der Waals surface area contributed by atoms with E-state index in [1.807, 2.05) is 36.4 Å². The highest BCUT2D eigenvalue weighted by molar-refractivity contribution is 6.30. The van der Waals surface area contributed by atoms with Gasteiger partial charge in [0.1, 0.15) is 12.3 Å². The number of nitrogens with zero attached hydrogens (tertiary/aromatic N) is 2. The lowest BCUT2D eigenvalue weighted by atomic mass is 10.2. The lowest BCUT2D eigenvalue weighted by Crippen LogP contribution is -2.36. The Labute approximate surface area is 139 Å². The summed E-state index contributed by atoms with van der Waals surface area (Å²) >= 11 is 5.88. The Morgan fingerprint density at radius 1 is 1.17 bits per heavy atom. The number of guanidine groups is 1. The molecule has 1 N–H and O–H groups in total. The average molecular weight is 330 g/mol. The molecule has 23 heavy (non-hydrogen) atoms. The van der Waals surface area contributed by atoms with Gasteiger partial charge in [0.05, 0.1) is 13.7 Å². The zero-order chi connectivity index (χ0) is 16.2. The first-order chi connectivity index (χ1) is 11.2. The number of benzene rings is 2. The number of ether oxygens (including phenoxy) is 1. The fourth-order valence-electron chi connectivity index (χ4n) is 2.28. The Balaban J connectivity index is 1.72. The number of anilines is 1. The maximum Gasteiger partial charge on any atom is 0.251 e. The SMILES string of the molecule is COc1ccc(CN2C(=O)CN=C2Nc2ccc(Cl)cc2)cc1. The second-order valence-electron chi connectivity index (χ2n) is 5.10. The Morgan fingerprint density at radius 3 is 2.52 bits per heavy atom. The summed E-state index contributed by atoms with van der Waals surface area (Å²) in [7, 11) is 1.62. The van der Waals surface area contributed by atoms with Crippen LogP contribution in [-0.2, 0) is 11.3 Å². The summed E-state index contributed by atoms with van der Waals surface area (Å²) in [6.07, 6.45) is 0. The Hall–Kier alpha value is -2.53. The molecule has 6 heteroatoms. The molecular formula is C17H16ClN3O2. The van der Waals surface area contributed by atoms with E-state index in [0.29, 0.717) is 17.5 Å². The van der Waals surface area contributed by atoms with Crippen LogP contribution in [0.15, 0.2) is 53.5 Å². The quantitative estimate of drug-likeness (QED) is 0.937. The summed E-state index contributed by atoms with van der Waals surface area (Å²) in [5.74, 6) is 1.31. The third-order valence-electron chi connectivity index (χ3n) is 3.52. The van der Waals surface area contributed by atoms with Crippen LogP contribution >= 0.6 is 11.6 Å². The minimum Gasteiger partial charge on any atom is -0.497 e. The molecule has 1 heterocycles. The van der Waals surface area contributed by atoms with E-state index >= 15 is 0 Å². The first-order valence-electron chi connectivity index (χ1n) is 7.16. The molecule has 3 rings (SSSR count). The van der Waals surface area contributed by atoms with Crippen LogP contribution in [-0.4, -0.2) is 30.4 Å². The van der Waals surface area contributed by atoms with Gasteiger partial charge in [0, 0.05) is 10.7 Å². The molecule has 2 aromatic carbocycles. The van der Waals surface area contributed by atoms with Crippen LogP contribution in [0.2, 0.25) is 5.02 Å². The van der Waals surface area contributed by atoms with Gasteiger partial charge in [0.15, 0.2) is 0 Å². The van der Waals surface area contributed by atoms with Gasteiger partial charge in [-0.3, -0.25) is 9.69 Å². The molecule has 1 amide bonds. The van der Waals surface area contributed by atoms with Gasteiger partial charge in [-0.15, -0.1) is 0 Å². The molecule has 1 aliphatic rings. The van der Waals surface area contributed by atoms with Crippen molar-refractivity contribution in [1.82, 2.24) is 4.90 Å². The lowest BCUT2D eigenvalue weighted by molar-refractivity contribution is -0.125. The minimum atomic E-state index is -0.0303. The van der Waals surface area contributed by atoms with E-state index in [1.165, 1.54) is 0 Å². The Kier molecular flexibility index (Phi) is 4.48. The molecule has 0 bridgehead atoms. The topological polar surface area (TPSA) is 53.9 Å². The molecule has 0 radical (unpaired) electrons. The van der Waals surface area contributed by atoms with Crippen LogP contribution in [0, 0.1) is 0 Å². The minimum absolute atomic E-state index is 0.0303. The number of hydrogen-bond acceptors (Lipinski definition) is 4. The van der Waals surface area contributed by atoms with E-state index < -0.39 is 0 Å². The number of nitrogens with one attached hydrogen (secondary N) is 1. The monoisotopic (exact) mass is 329 g/mol. The first kappa shape index (κ1) is 15.4. The standard InChI is InChI=1S/C17H16ClN3O2/c1-23-15-8-2-12(3-9-15)11-21-16(22)10-19-17(21)20-14-6-4-13(18)5-7-14/h2-9H,10-11H2,1H3,(H,19,20). The molecule has 0 fully saturated rings. The van der Waals surface area contributed by atoms with Crippen molar-refractivity contribution in [3.05, 3.63) is 59.1 Å². The second-order valence-corrected chi connectivity index (χ2v) is 5.54. The van der Waals surface area contributed by atoms with Crippen molar-refractivity contribution in [2.45, 2.75) is 6.54 Å². The molecule has 0 aromatic heterocycles. The molecule has 0 aliphatic carbocycles. The highest BCUT2D eigenvalue weighted by atomic mass is 35.5. The number of methoxy groups -OCH3 is 1. The fourth-order valence-corrected chi connectivity index (χ4v) is 2.40. The van der Waals surface area contributed by atoms with E-state index in [4.69, 9.17) is 16.3 Å². The molecule has 5 nitrogen and oxygen atoms in total. The summed E-state index contributed by atoms with van der Waals surface area (Å²) in [5.41, 5.74) is 1.84. The molecule has 1 aliphatic heterocycles. The van der Waals surface area contributed by atoms with Crippen molar-refractivity contribution in [1.29, 1.82) is 0 Å². The van der Waals surface area contributed by atoms with Gasteiger partial charge in [-0.05, 0) is 42.0 Å². The van der Waals surface area contributed by atoms with Crippen molar-refractivity contribution < 1.29 is 9.53 Å². The number of halogens is 1. The number of amides is 1. The Bertz CT molecular complexity index is 727. The summed E-state index contributed by atoms with van der Waals surface area (Å²) in [4.78, 5) is 18.0. The smallest absolute Gasteiger partial charge is 0.251 e. The number of carbonyl (C=O) groups is 1. The fraction of sp³-hybridized carbons (Fsp3) is 0.176. The predicted octanol–water partition coefficient (Wildman–Crippen LogP) is 3.16. The Morgan fingerprint density at radius 2 is 1.87 bits per heavy atom. The van der Waals surface area contributed by atoms with Crippen LogP contribution < -0.4 is 10.1 Å². The molecule has 0 spiro atoms. The van der Waals surface area contributed by atoms with Crippen LogP contribution in [0.1, 0.15) is 5.56 Å². The van der Waals surface area contributed by atoms with Gasteiger partial charge < -0.3 is 10.1 Å². The van der Waals surface area contributed by atoms with Gasteiger partial charge in [0.25, 0.3) is 5.91 Å². The lowest BCUT2D eigenvalue weighted by Gasteiger charge is -2.19. The zero-order valence-corrected chi connectivity index (χ0v) is 13.4. The highest BCUT2D eigenvalue weighted by Gasteiger charge is 2.25. The molecule has 2 aromatic rings. The summed E-state index contributed by atoms with van der Waals surface area (Å²) in [5, 5.41) is 3.83. The predicted molar refractivity (Wildman–Crippen MR) is 90.9 cm³/mol. The van der Waals surface area contributed by atoms with Crippen molar-refractivity contribution >= 4 is 29.2 Å². The van der Waals surface area contributed by atoms with Crippen molar-refractivity contribution in [3.8, 4) is 5.75 Å². The molecule has 0 saturated heterocycles. The van der Waals surface area contributed by atoms with Crippen LogP contribution in [0.25, 0.3) is 0 Å².